The second-order valence-corrected chi connectivity index (χ2v) is 4.30. The van der Waals surface area contributed by atoms with Gasteiger partial charge in [0.05, 0.1) is 6.61 Å². The molecule has 0 saturated heterocycles. The van der Waals surface area contributed by atoms with E-state index in [4.69, 9.17) is 5.11 Å². The number of hydrogen-bond acceptors (Lipinski definition) is 2. The summed E-state index contributed by atoms with van der Waals surface area (Å²) >= 11 is 0. The van der Waals surface area contributed by atoms with Gasteiger partial charge in [-0.1, -0.05) is 19.1 Å². The third kappa shape index (κ3) is 1.65. The fraction of sp³-hybridized carbons (Fsp3) is 0.818. The van der Waals surface area contributed by atoms with Gasteiger partial charge in [0.25, 0.3) is 0 Å². The van der Waals surface area contributed by atoms with Crippen molar-refractivity contribution < 1.29 is 5.11 Å². The molecule has 2 aliphatic rings. The molecule has 74 valence electrons. The first-order chi connectivity index (χ1) is 6.35. The molecule has 0 bridgehead atoms. The average Bonchev–Trinajstić information content (AvgIpc) is 2.49. The van der Waals surface area contributed by atoms with Gasteiger partial charge in [-0.05, 0) is 31.1 Å². The zero-order valence-electron chi connectivity index (χ0n) is 8.24. The second kappa shape index (κ2) is 3.81. The smallest absolute Gasteiger partial charge is 0.0584 e. The summed E-state index contributed by atoms with van der Waals surface area (Å²) in [5, 5.41) is 12.6. The molecule has 0 aromatic carbocycles. The molecule has 2 nitrogen and oxygen atoms in total. The minimum Gasteiger partial charge on any atom is -0.395 e. The van der Waals surface area contributed by atoms with E-state index in [-0.39, 0.29) is 6.61 Å². The van der Waals surface area contributed by atoms with E-state index in [9.17, 15) is 0 Å². The van der Waals surface area contributed by atoms with E-state index in [1.165, 1.54) is 12.8 Å². The predicted octanol–water partition coefficient (Wildman–Crippen LogP) is 1.31. The van der Waals surface area contributed by atoms with E-state index >= 15 is 0 Å². The lowest BCUT2D eigenvalue weighted by atomic mass is 9.71. The Bertz CT molecular complexity index is 198. The zero-order valence-corrected chi connectivity index (χ0v) is 8.24. The van der Waals surface area contributed by atoms with E-state index in [0.717, 1.165) is 18.3 Å². The molecule has 2 N–H and O–H groups in total. The van der Waals surface area contributed by atoms with Gasteiger partial charge < -0.3 is 10.4 Å². The highest BCUT2D eigenvalue weighted by molar-refractivity contribution is 5.13. The van der Waals surface area contributed by atoms with Crippen LogP contribution in [0.3, 0.4) is 0 Å². The Morgan fingerprint density at radius 1 is 1.62 bits per heavy atom. The number of nitrogens with one attached hydrogen (secondary N) is 1. The third-order valence-corrected chi connectivity index (χ3v) is 3.53. The minimum absolute atomic E-state index is 0.272. The molecule has 0 aliphatic heterocycles. The van der Waals surface area contributed by atoms with Crippen LogP contribution in [-0.4, -0.2) is 23.8 Å². The van der Waals surface area contributed by atoms with E-state index in [1.807, 2.05) is 0 Å². The van der Waals surface area contributed by atoms with Crippen molar-refractivity contribution in [1.29, 1.82) is 0 Å². The molecule has 0 aromatic heterocycles. The third-order valence-electron chi connectivity index (χ3n) is 3.53. The lowest BCUT2D eigenvalue weighted by molar-refractivity contribution is 0.128. The summed E-state index contributed by atoms with van der Waals surface area (Å²) in [6.07, 6.45) is 8.24. The number of aliphatic hydroxyl groups excluding tert-OH is 1. The highest BCUT2D eigenvalue weighted by Gasteiger charge is 2.41. The van der Waals surface area contributed by atoms with Gasteiger partial charge in [0.15, 0.2) is 0 Å². The van der Waals surface area contributed by atoms with Crippen LogP contribution in [0.15, 0.2) is 12.2 Å². The highest BCUT2D eigenvalue weighted by Crippen LogP contribution is 2.42. The van der Waals surface area contributed by atoms with Crippen LogP contribution in [0.1, 0.15) is 26.2 Å². The summed E-state index contributed by atoms with van der Waals surface area (Å²) in [4.78, 5) is 0. The van der Waals surface area contributed by atoms with Crippen LogP contribution >= 0.6 is 0 Å². The molecule has 2 aliphatic carbocycles. The van der Waals surface area contributed by atoms with Crippen molar-refractivity contribution in [2.24, 2.45) is 11.8 Å². The lowest BCUT2D eigenvalue weighted by Gasteiger charge is -2.42. The van der Waals surface area contributed by atoms with Crippen LogP contribution in [0.2, 0.25) is 0 Å². The number of allylic oxidation sites excluding steroid dienone is 1. The maximum Gasteiger partial charge on any atom is 0.0584 e. The fourth-order valence-electron chi connectivity index (χ4n) is 2.51. The Hall–Kier alpha value is -0.340. The summed E-state index contributed by atoms with van der Waals surface area (Å²) < 4.78 is 0. The number of aliphatic hydroxyl groups is 1. The Kier molecular flexibility index (Phi) is 2.70. The molecule has 2 rings (SSSR count). The van der Waals surface area contributed by atoms with E-state index in [0.29, 0.717) is 12.1 Å². The van der Waals surface area contributed by atoms with E-state index in [2.05, 4.69) is 24.4 Å². The average molecular weight is 181 g/mol. The van der Waals surface area contributed by atoms with Gasteiger partial charge in [0, 0.05) is 12.1 Å². The molecule has 1 fully saturated rings. The van der Waals surface area contributed by atoms with Crippen molar-refractivity contribution in [1.82, 2.24) is 5.32 Å². The normalized spacial score (nSPS) is 38.5. The van der Waals surface area contributed by atoms with Crippen LogP contribution in [0.5, 0.6) is 0 Å². The Morgan fingerprint density at radius 3 is 3.08 bits per heavy atom. The lowest BCUT2D eigenvalue weighted by Crippen LogP contribution is -2.52. The van der Waals surface area contributed by atoms with Gasteiger partial charge in [-0.15, -0.1) is 0 Å². The minimum atomic E-state index is 0.272. The SMILES string of the molecule is CCC(CO)NC1CC2CC=CC21. The summed E-state index contributed by atoms with van der Waals surface area (Å²) in [6.45, 7) is 2.39. The summed E-state index contributed by atoms with van der Waals surface area (Å²) in [6, 6.07) is 0.945. The topological polar surface area (TPSA) is 32.3 Å². The quantitative estimate of drug-likeness (QED) is 0.641. The fourth-order valence-corrected chi connectivity index (χ4v) is 2.51. The first-order valence-corrected chi connectivity index (χ1v) is 5.38. The molecule has 4 atom stereocenters. The van der Waals surface area contributed by atoms with Crippen LogP contribution in [0.4, 0.5) is 0 Å². The van der Waals surface area contributed by atoms with Crippen LogP contribution in [0.25, 0.3) is 0 Å². The van der Waals surface area contributed by atoms with Crippen LogP contribution in [0, 0.1) is 11.8 Å². The Morgan fingerprint density at radius 2 is 2.46 bits per heavy atom. The number of fused-ring (bicyclic) bond motifs is 1. The van der Waals surface area contributed by atoms with Gasteiger partial charge in [0.1, 0.15) is 0 Å². The molecule has 0 aromatic rings. The molecule has 0 radical (unpaired) electrons. The van der Waals surface area contributed by atoms with E-state index in [1.54, 1.807) is 0 Å². The van der Waals surface area contributed by atoms with Crippen molar-refractivity contribution in [3.63, 3.8) is 0 Å². The van der Waals surface area contributed by atoms with Gasteiger partial charge in [-0.2, -0.15) is 0 Å². The van der Waals surface area contributed by atoms with Crippen molar-refractivity contribution in [2.75, 3.05) is 6.61 Å². The van der Waals surface area contributed by atoms with Crippen molar-refractivity contribution in [3.05, 3.63) is 12.2 Å². The molecule has 4 unspecified atom stereocenters. The van der Waals surface area contributed by atoms with Gasteiger partial charge in [0.2, 0.25) is 0 Å². The maximum atomic E-state index is 9.05. The molecule has 0 spiro atoms. The number of hydrogen-bond donors (Lipinski definition) is 2. The zero-order chi connectivity index (χ0) is 9.26. The summed E-state index contributed by atoms with van der Waals surface area (Å²) in [5.41, 5.74) is 0. The standard InChI is InChI=1S/C11H19NO/c1-2-9(7-13)12-11-6-8-4-3-5-10(8)11/h3,5,8-13H,2,4,6-7H2,1H3. The van der Waals surface area contributed by atoms with Crippen molar-refractivity contribution >= 4 is 0 Å². The highest BCUT2D eigenvalue weighted by atomic mass is 16.3. The molecule has 13 heavy (non-hydrogen) atoms. The summed E-state index contributed by atoms with van der Waals surface area (Å²) in [7, 11) is 0. The van der Waals surface area contributed by atoms with E-state index < -0.39 is 0 Å². The Labute approximate surface area is 80.0 Å². The molecule has 0 amide bonds. The Balaban J connectivity index is 1.80. The van der Waals surface area contributed by atoms with Crippen molar-refractivity contribution in [2.45, 2.75) is 38.3 Å². The second-order valence-electron chi connectivity index (χ2n) is 4.30. The molecular weight excluding hydrogens is 162 g/mol. The molecule has 1 saturated carbocycles. The molecular formula is C11H19NO. The van der Waals surface area contributed by atoms with Crippen LogP contribution < -0.4 is 5.32 Å². The molecule has 0 heterocycles. The maximum absolute atomic E-state index is 9.05. The van der Waals surface area contributed by atoms with Gasteiger partial charge >= 0.3 is 0 Å². The number of rotatable bonds is 4. The van der Waals surface area contributed by atoms with Gasteiger partial charge in [-0.3, -0.25) is 0 Å². The monoisotopic (exact) mass is 181 g/mol. The first-order valence-electron chi connectivity index (χ1n) is 5.38. The molecule has 2 heteroatoms. The van der Waals surface area contributed by atoms with Crippen LogP contribution in [-0.2, 0) is 0 Å². The van der Waals surface area contributed by atoms with Crippen molar-refractivity contribution in [3.8, 4) is 0 Å². The largest absolute Gasteiger partial charge is 0.395 e. The summed E-state index contributed by atoms with van der Waals surface area (Å²) in [5.74, 6) is 1.68. The predicted molar refractivity (Wildman–Crippen MR) is 53.4 cm³/mol. The van der Waals surface area contributed by atoms with Gasteiger partial charge in [-0.25, -0.2) is 0 Å². The first kappa shape index (κ1) is 9.22.